The highest BCUT2D eigenvalue weighted by Crippen LogP contribution is 2.35. The molecule has 272 valence electrons. The van der Waals surface area contributed by atoms with Gasteiger partial charge < -0.3 is 20.4 Å². The third-order valence-electron chi connectivity index (χ3n) is 8.80. The standard InChI is InChI=1S/C31H34F6N6O3.O3S/c1-38-25-21(26(44)27(25)45)4-2-3-18-10-14-42(15-11-18)23-17-24(41-29(40-23)31(35,36)37)43-16-12-22(43)28(46)39-13-9-19-5-7-20(8-6-19)30(32,33)34;1-4(2)3/h5-8,17-18,22,38H,2-4,9-16H2,1H3,(H,39,46);/t22-;/m0./s1. The van der Waals surface area contributed by atoms with Gasteiger partial charge in [0.1, 0.15) is 17.7 Å². The van der Waals surface area contributed by atoms with Crippen LogP contribution < -0.4 is 31.3 Å². The molecular weight excluding hydrogens is 698 g/mol. The highest BCUT2D eigenvalue weighted by atomic mass is 32.2. The second-order valence-corrected chi connectivity index (χ2v) is 12.3. The minimum Gasteiger partial charge on any atom is -0.385 e. The zero-order chi connectivity index (χ0) is 36.8. The molecule has 1 aromatic heterocycles. The lowest BCUT2D eigenvalue weighted by molar-refractivity contribution is -0.144. The van der Waals surface area contributed by atoms with Crippen molar-refractivity contribution in [3.63, 3.8) is 0 Å². The van der Waals surface area contributed by atoms with Crippen LogP contribution in [0.25, 0.3) is 0 Å². The lowest BCUT2D eigenvalue weighted by Gasteiger charge is -2.41. The van der Waals surface area contributed by atoms with Crippen molar-refractivity contribution in [2.45, 2.75) is 63.3 Å². The van der Waals surface area contributed by atoms with E-state index in [1.54, 1.807) is 11.9 Å². The number of amides is 1. The van der Waals surface area contributed by atoms with Gasteiger partial charge in [-0.3, -0.25) is 14.4 Å². The van der Waals surface area contributed by atoms with Crippen molar-refractivity contribution in [2.24, 2.45) is 5.92 Å². The number of halogens is 6. The number of nitrogens with zero attached hydrogens (tertiary/aromatic N) is 4. The molecule has 0 aliphatic carbocycles. The van der Waals surface area contributed by atoms with Crippen molar-refractivity contribution in [2.75, 3.05) is 48.3 Å². The van der Waals surface area contributed by atoms with Gasteiger partial charge in [-0.25, -0.2) is 9.97 Å². The smallest absolute Gasteiger partial charge is 0.385 e. The van der Waals surface area contributed by atoms with Crippen LogP contribution in [0.1, 0.15) is 54.6 Å². The topological polar surface area (TPSA) is 159 Å². The number of anilines is 3. The first kappa shape index (κ1) is 38.3. The molecule has 0 radical (unpaired) electrons. The molecule has 1 amide bonds. The molecule has 5 rings (SSSR count). The lowest BCUT2D eigenvalue weighted by Crippen LogP contribution is -2.57. The van der Waals surface area contributed by atoms with Gasteiger partial charge in [-0.15, -0.1) is 12.6 Å². The molecule has 2 N–H and O–H groups in total. The Kier molecular flexibility index (Phi) is 12.2. The molecule has 0 bridgehead atoms. The predicted molar refractivity (Wildman–Crippen MR) is 169 cm³/mol. The molecule has 2 aromatic carbocycles. The van der Waals surface area contributed by atoms with E-state index in [-0.39, 0.29) is 24.6 Å². The maximum atomic E-state index is 13.8. The number of rotatable bonds is 11. The number of nitrogens with one attached hydrogen (secondary N) is 2. The molecule has 0 unspecified atom stereocenters. The first-order chi connectivity index (χ1) is 23.5. The van der Waals surface area contributed by atoms with Crippen LogP contribution in [0.2, 0.25) is 0 Å². The highest BCUT2D eigenvalue weighted by Gasteiger charge is 2.40. The first-order valence-electron chi connectivity index (χ1n) is 15.7. The average molecular weight is 733 g/mol. The Morgan fingerprint density at radius 1 is 0.880 bits per heavy atom. The van der Waals surface area contributed by atoms with Crippen molar-refractivity contribution in [3.05, 3.63) is 73.3 Å². The molecule has 2 saturated heterocycles. The van der Waals surface area contributed by atoms with Crippen LogP contribution >= 0.6 is 0 Å². The molecular formula is C31H34F6N6O6S. The van der Waals surface area contributed by atoms with Gasteiger partial charge in [-0.2, -0.15) is 26.3 Å². The van der Waals surface area contributed by atoms with E-state index in [4.69, 9.17) is 12.6 Å². The summed E-state index contributed by atoms with van der Waals surface area (Å²) in [5.74, 6) is -1.24. The Labute approximate surface area is 283 Å². The van der Waals surface area contributed by atoms with Gasteiger partial charge in [0, 0.05) is 44.9 Å². The summed E-state index contributed by atoms with van der Waals surface area (Å²) in [5, 5.41) is 5.49. The summed E-state index contributed by atoms with van der Waals surface area (Å²) in [4.78, 5) is 47.1. The average Bonchev–Trinajstić information content (AvgIpc) is 3.03. The summed E-state index contributed by atoms with van der Waals surface area (Å²) < 4.78 is 105. The third kappa shape index (κ3) is 9.57. The van der Waals surface area contributed by atoms with Gasteiger partial charge in [0.2, 0.25) is 22.6 Å². The van der Waals surface area contributed by atoms with Crippen LogP contribution in [-0.2, 0) is 40.6 Å². The van der Waals surface area contributed by atoms with E-state index in [1.807, 2.05) is 0 Å². The van der Waals surface area contributed by atoms with Crippen molar-refractivity contribution in [1.29, 1.82) is 0 Å². The third-order valence-corrected chi connectivity index (χ3v) is 8.80. The summed E-state index contributed by atoms with van der Waals surface area (Å²) in [6.07, 6.45) is -5.05. The molecule has 50 heavy (non-hydrogen) atoms. The second-order valence-electron chi connectivity index (χ2n) is 11.9. The summed E-state index contributed by atoms with van der Waals surface area (Å²) in [7, 11) is -1.51. The SMILES string of the molecule is CNc1c(CCCC2CCN(c3cc(N4CC[C@H]4C(=O)NCCc4ccc(C(F)(F)F)cc4)nc(C(F)(F)F)n3)CC2)c(=O)c1=O.O=S(=O)=O. The Morgan fingerprint density at radius 3 is 2.04 bits per heavy atom. The Morgan fingerprint density at radius 2 is 1.50 bits per heavy atom. The first-order valence-corrected chi connectivity index (χ1v) is 16.7. The Hall–Kier alpha value is -4.55. The normalized spacial score (nSPS) is 16.7. The van der Waals surface area contributed by atoms with Gasteiger partial charge in [-0.05, 0) is 68.6 Å². The molecule has 3 heterocycles. The predicted octanol–water partition coefficient (Wildman–Crippen LogP) is 3.32. The molecule has 2 aliphatic rings. The zero-order valence-electron chi connectivity index (χ0n) is 26.7. The van der Waals surface area contributed by atoms with E-state index in [0.717, 1.165) is 37.8 Å². The molecule has 0 spiro atoms. The molecule has 0 saturated carbocycles. The number of hydrogen-bond acceptors (Lipinski definition) is 11. The molecule has 2 aliphatic heterocycles. The number of carbonyl (C=O) groups is 1. The van der Waals surface area contributed by atoms with Crippen LogP contribution in [0.15, 0.2) is 39.9 Å². The fourth-order valence-corrected chi connectivity index (χ4v) is 6.06. The van der Waals surface area contributed by atoms with Crippen LogP contribution in [0, 0.1) is 5.92 Å². The van der Waals surface area contributed by atoms with Crippen LogP contribution in [0.5, 0.6) is 0 Å². The second kappa shape index (κ2) is 16.0. The minimum absolute atomic E-state index is 0.00177. The van der Waals surface area contributed by atoms with E-state index < -0.39 is 57.2 Å². The zero-order valence-corrected chi connectivity index (χ0v) is 27.6. The fraction of sp³-hybridized carbons (Fsp3) is 0.516. The largest absolute Gasteiger partial charge is 0.451 e. The monoisotopic (exact) mass is 732 g/mol. The number of aromatic nitrogens is 2. The van der Waals surface area contributed by atoms with Crippen molar-refractivity contribution in [3.8, 4) is 0 Å². The van der Waals surface area contributed by atoms with Gasteiger partial charge in [0.15, 0.2) is 0 Å². The number of carbonyl (C=O) groups excluding carboxylic acids is 1. The number of benzene rings is 1. The number of alkyl halides is 6. The molecule has 3 aromatic rings. The van der Waals surface area contributed by atoms with Crippen LogP contribution in [-0.4, -0.2) is 67.8 Å². The Balaban J connectivity index is 0.00000133. The number of hydrogen-bond donors (Lipinski definition) is 2. The van der Waals surface area contributed by atoms with Gasteiger partial charge in [0.05, 0.1) is 11.3 Å². The van der Waals surface area contributed by atoms with E-state index >= 15 is 0 Å². The van der Waals surface area contributed by atoms with Crippen LogP contribution in [0.4, 0.5) is 43.7 Å². The van der Waals surface area contributed by atoms with Gasteiger partial charge in [0.25, 0.3) is 0 Å². The summed E-state index contributed by atoms with van der Waals surface area (Å²) in [6.45, 7) is 1.43. The van der Waals surface area contributed by atoms with Crippen molar-refractivity contribution < 1.29 is 43.8 Å². The molecule has 12 nitrogen and oxygen atoms in total. The van der Waals surface area contributed by atoms with E-state index in [1.165, 1.54) is 23.1 Å². The maximum absolute atomic E-state index is 13.8. The molecule has 19 heteroatoms. The van der Waals surface area contributed by atoms with E-state index in [0.29, 0.717) is 55.2 Å². The lowest BCUT2D eigenvalue weighted by atomic mass is 9.90. The van der Waals surface area contributed by atoms with Crippen LogP contribution in [0.3, 0.4) is 0 Å². The summed E-state index contributed by atoms with van der Waals surface area (Å²) >= 11 is 0. The minimum atomic E-state index is -4.80. The summed E-state index contributed by atoms with van der Waals surface area (Å²) in [6, 6.07) is 5.36. The van der Waals surface area contributed by atoms with Gasteiger partial charge in [-0.1, -0.05) is 12.1 Å². The Bertz CT molecular complexity index is 1830. The maximum Gasteiger partial charge on any atom is 0.451 e. The van der Waals surface area contributed by atoms with Crippen molar-refractivity contribution in [1.82, 2.24) is 15.3 Å². The molecule has 1 atom stereocenters. The highest BCUT2D eigenvalue weighted by molar-refractivity contribution is 7.59. The quantitative estimate of drug-likeness (QED) is 0.220. The molecule has 2 fully saturated rings. The van der Waals surface area contributed by atoms with Gasteiger partial charge >= 0.3 is 23.0 Å². The van der Waals surface area contributed by atoms with Crippen molar-refractivity contribution >= 4 is 33.8 Å². The number of piperidine rings is 1. The fourth-order valence-electron chi connectivity index (χ4n) is 6.06. The van der Waals surface area contributed by atoms with E-state index in [2.05, 4.69) is 20.6 Å². The van der Waals surface area contributed by atoms with E-state index in [9.17, 15) is 40.7 Å². The summed E-state index contributed by atoms with van der Waals surface area (Å²) in [5.41, 5.74) is -0.205.